The van der Waals surface area contributed by atoms with Crippen LogP contribution in [-0.4, -0.2) is 27.1 Å². The zero-order chi connectivity index (χ0) is 15.6. The van der Waals surface area contributed by atoms with Crippen LogP contribution in [0.1, 0.15) is 23.3 Å². The summed E-state index contributed by atoms with van der Waals surface area (Å²) in [7, 11) is 0. The number of aldehydes is 1. The van der Waals surface area contributed by atoms with E-state index in [9.17, 15) is 4.79 Å². The summed E-state index contributed by atoms with van der Waals surface area (Å²) >= 11 is 0. The highest BCUT2D eigenvalue weighted by Gasteiger charge is 2.21. The molecule has 2 aromatic heterocycles. The quantitative estimate of drug-likeness (QED) is 0.735. The first-order chi connectivity index (χ1) is 11.3. The van der Waals surface area contributed by atoms with Crippen LogP contribution in [0.5, 0.6) is 0 Å². The third-order valence-corrected chi connectivity index (χ3v) is 3.84. The van der Waals surface area contributed by atoms with Gasteiger partial charge >= 0.3 is 0 Å². The SMILES string of the molecule is O=Cc1cc(-c2ccccc2)n(-c2ccc(NC3CC3)nc2)n1. The van der Waals surface area contributed by atoms with Gasteiger partial charge in [-0.3, -0.25) is 4.79 Å². The van der Waals surface area contributed by atoms with Crippen molar-refractivity contribution in [1.82, 2.24) is 14.8 Å². The largest absolute Gasteiger partial charge is 0.367 e. The van der Waals surface area contributed by atoms with E-state index in [2.05, 4.69) is 15.4 Å². The maximum atomic E-state index is 11.1. The van der Waals surface area contributed by atoms with Crippen LogP contribution in [0.2, 0.25) is 0 Å². The van der Waals surface area contributed by atoms with E-state index in [0.29, 0.717) is 11.7 Å². The van der Waals surface area contributed by atoms with Crippen molar-refractivity contribution >= 4 is 12.1 Å². The molecule has 1 aliphatic carbocycles. The van der Waals surface area contributed by atoms with Gasteiger partial charge in [0.15, 0.2) is 6.29 Å². The Morgan fingerprint density at radius 1 is 1.13 bits per heavy atom. The summed E-state index contributed by atoms with van der Waals surface area (Å²) in [6, 6.07) is 16.2. The molecule has 114 valence electrons. The summed E-state index contributed by atoms with van der Waals surface area (Å²) in [5.74, 6) is 0.875. The van der Waals surface area contributed by atoms with Gasteiger partial charge in [-0.25, -0.2) is 9.67 Å². The Balaban J connectivity index is 1.72. The Kier molecular flexibility index (Phi) is 3.38. The average molecular weight is 304 g/mol. The monoisotopic (exact) mass is 304 g/mol. The lowest BCUT2D eigenvalue weighted by Gasteiger charge is -2.09. The minimum Gasteiger partial charge on any atom is -0.367 e. The van der Waals surface area contributed by atoms with Gasteiger partial charge in [-0.2, -0.15) is 5.10 Å². The molecular formula is C18H16N4O. The van der Waals surface area contributed by atoms with Crippen LogP contribution in [0.3, 0.4) is 0 Å². The standard InChI is InChI=1S/C18H16N4O/c23-12-15-10-17(13-4-2-1-3-5-13)22(21-15)16-8-9-18(19-11-16)20-14-6-7-14/h1-5,8-12,14H,6-7H2,(H,19,20). The molecule has 5 nitrogen and oxygen atoms in total. The molecule has 1 fully saturated rings. The normalized spacial score (nSPS) is 13.7. The van der Waals surface area contributed by atoms with Gasteiger partial charge in [0, 0.05) is 11.6 Å². The van der Waals surface area contributed by atoms with Crippen LogP contribution in [-0.2, 0) is 0 Å². The van der Waals surface area contributed by atoms with Crippen LogP contribution in [0, 0.1) is 0 Å². The van der Waals surface area contributed by atoms with Crippen molar-refractivity contribution in [2.75, 3.05) is 5.32 Å². The lowest BCUT2D eigenvalue weighted by Crippen LogP contribution is -2.05. The summed E-state index contributed by atoms with van der Waals surface area (Å²) in [4.78, 5) is 15.6. The number of aromatic nitrogens is 3. The topological polar surface area (TPSA) is 59.8 Å². The molecule has 0 unspecified atom stereocenters. The number of benzene rings is 1. The molecule has 1 aliphatic rings. The summed E-state index contributed by atoms with van der Waals surface area (Å²) < 4.78 is 1.76. The summed E-state index contributed by atoms with van der Waals surface area (Å²) in [6.45, 7) is 0. The lowest BCUT2D eigenvalue weighted by atomic mass is 10.1. The molecule has 5 heteroatoms. The molecule has 1 saturated carbocycles. The van der Waals surface area contributed by atoms with E-state index in [1.807, 2.05) is 42.5 Å². The minimum absolute atomic E-state index is 0.407. The Morgan fingerprint density at radius 3 is 2.61 bits per heavy atom. The van der Waals surface area contributed by atoms with Gasteiger partial charge in [0.05, 0.1) is 17.6 Å². The van der Waals surface area contributed by atoms with Crippen molar-refractivity contribution in [3.05, 3.63) is 60.4 Å². The van der Waals surface area contributed by atoms with E-state index >= 15 is 0 Å². The number of hydrogen-bond donors (Lipinski definition) is 1. The molecule has 1 N–H and O–H groups in total. The van der Waals surface area contributed by atoms with Gasteiger partial charge in [-0.15, -0.1) is 0 Å². The molecule has 0 saturated heterocycles. The number of carbonyl (C=O) groups is 1. The first kappa shape index (κ1) is 13.7. The van der Waals surface area contributed by atoms with Gasteiger partial charge in [-0.1, -0.05) is 30.3 Å². The number of hydrogen-bond acceptors (Lipinski definition) is 4. The highest BCUT2D eigenvalue weighted by Crippen LogP contribution is 2.26. The fourth-order valence-corrected chi connectivity index (χ4v) is 2.50. The summed E-state index contributed by atoms with van der Waals surface area (Å²) in [5, 5.41) is 7.73. The number of nitrogens with one attached hydrogen (secondary N) is 1. The van der Waals surface area contributed by atoms with E-state index in [0.717, 1.165) is 29.0 Å². The number of pyridine rings is 1. The molecule has 0 bridgehead atoms. The van der Waals surface area contributed by atoms with E-state index in [1.54, 1.807) is 16.9 Å². The van der Waals surface area contributed by atoms with Crippen molar-refractivity contribution in [3.8, 4) is 16.9 Å². The van der Waals surface area contributed by atoms with Gasteiger partial charge in [0.25, 0.3) is 0 Å². The fraction of sp³-hybridized carbons (Fsp3) is 0.167. The second kappa shape index (κ2) is 5.68. The van der Waals surface area contributed by atoms with Crippen LogP contribution >= 0.6 is 0 Å². The molecule has 2 heterocycles. The smallest absolute Gasteiger partial charge is 0.170 e. The zero-order valence-corrected chi connectivity index (χ0v) is 12.5. The molecule has 0 radical (unpaired) electrons. The Hall–Kier alpha value is -2.95. The van der Waals surface area contributed by atoms with Crippen molar-refractivity contribution in [2.24, 2.45) is 0 Å². The molecule has 0 amide bonds. The van der Waals surface area contributed by atoms with Crippen molar-refractivity contribution in [3.63, 3.8) is 0 Å². The zero-order valence-electron chi connectivity index (χ0n) is 12.5. The number of anilines is 1. The van der Waals surface area contributed by atoms with E-state index < -0.39 is 0 Å². The van der Waals surface area contributed by atoms with Crippen LogP contribution in [0.15, 0.2) is 54.7 Å². The predicted octanol–water partition coefficient (Wildman–Crippen LogP) is 3.32. The second-order valence-electron chi connectivity index (χ2n) is 5.67. The molecule has 4 rings (SSSR count). The summed E-state index contributed by atoms with van der Waals surface area (Å²) in [5.41, 5.74) is 3.12. The molecular weight excluding hydrogens is 288 g/mol. The first-order valence-electron chi connectivity index (χ1n) is 7.67. The van der Waals surface area contributed by atoms with Crippen LogP contribution in [0.25, 0.3) is 16.9 Å². The first-order valence-corrected chi connectivity index (χ1v) is 7.67. The second-order valence-corrected chi connectivity index (χ2v) is 5.67. The fourth-order valence-electron chi connectivity index (χ4n) is 2.50. The molecule has 0 atom stereocenters. The van der Waals surface area contributed by atoms with E-state index in [-0.39, 0.29) is 0 Å². The highest BCUT2D eigenvalue weighted by atomic mass is 16.1. The van der Waals surface area contributed by atoms with Gasteiger partial charge in [0.2, 0.25) is 0 Å². The van der Waals surface area contributed by atoms with Crippen molar-refractivity contribution < 1.29 is 4.79 Å². The Labute approximate surface area is 134 Å². The number of carbonyl (C=O) groups excluding carboxylic acids is 1. The summed E-state index contributed by atoms with van der Waals surface area (Å²) in [6.07, 6.45) is 4.96. The lowest BCUT2D eigenvalue weighted by molar-refractivity contribution is 0.111. The van der Waals surface area contributed by atoms with E-state index in [1.165, 1.54) is 12.8 Å². The molecule has 3 aromatic rings. The molecule has 0 spiro atoms. The van der Waals surface area contributed by atoms with Gasteiger partial charge < -0.3 is 5.32 Å². The maximum absolute atomic E-state index is 11.1. The van der Waals surface area contributed by atoms with Gasteiger partial charge in [0.1, 0.15) is 11.5 Å². The van der Waals surface area contributed by atoms with Crippen LogP contribution < -0.4 is 5.32 Å². The number of rotatable bonds is 5. The molecule has 0 aliphatic heterocycles. The maximum Gasteiger partial charge on any atom is 0.170 e. The third-order valence-electron chi connectivity index (χ3n) is 3.84. The van der Waals surface area contributed by atoms with Crippen molar-refractivity contribution in [2.45, 2.75) is 18.9 Å². The van der Waals surface area contributed by atoms with E-state index in [4.69, 9.17) is 0 Å². The van der Waals surface area contributed by atoms with Crippen molar-refractivity contribution in [1.29, 1.82) is 0 Å². The number of nitrogens with zero attached hydrogens (tertiary/aromatic N) is 3. The van der Waals surface area contributed by atoms with Crippen LogP contribution in [0.4, 0.5) is 5.82 Å². The van der Waals surface area contributed by atoms with Gasteiger partial charge in [-0.05, 0) is 31.0 Å². The Bertz CT molecular complexity index is 820. The molecule has 23 heavy (non-hydrogen) atoms. The highest BCUT2D eigenvalue weighted by molar-refractivity contribution is 5.76. The molecule has 1 aromatic carbocycles. The predicted molar refractivity (Wildman–Crippen MR) is 88.8 cm³/mol. The minimum atomic E-state index is 0.407. The average Bonchev–Trinajstić information content (AvgIpc) is 3.31. The Morgan fingerprint density at radius 2 is 1.96 bits per heavy atom. The third kappa shape index (κ3) is 2.85.